The summed E-state index contributed by atoms with van der Waals surface area (Å²) in [6, 6.07) is 10.5. The Morgan fingerprint density at radius 3 is 2.43 bits per heavy atom. The maximum absolute atomic E-state index is 13.8. The third kappa shape index (κ3) is 3.79. The van der Waals surface area contributed by atoms with Crippen molar-refractivity contribution in [1.29, 1.82) is 0 Å². The van der Waals surface area contributed by atoms with Crippen LogP contribution in [0.1, 0.15) is 34.5 Å². The Hall–Kier alpha value is -2.40. The van der Waals surface area contributed by atoms with E-state index in [1.54, 1.807) is 25.1 Å². The van der Waals surface area contributed by atoms with Crippen LogP contribution in [0.5, 0.6) is 5.75 Å². The number of halogens is 1. The quantitative estimate of drug-likeness (QED) is 0.887. The van der Waals surface area contributed by atoms with Gasteiger partial charge in [-0.1, -0.05) is 18.2 Å². The molecule has 0 radical (unpaired) electrons. The fraction of sp³-hybridized carbons (Fsp3) is 0.188. The maximum atomic E-state index is 13.8. The number of aliphatic hydroxyl groups excluding tert-OH is 1. The summed E-state index contributed by atoms with van der Waals surface area (Å²) in [6.45, 7) is 1.68. The van der Waals surface area contributed by atoms with E-state index < -0.39 is 17.9 Å². The van der Waals surface area contributed by atoms with Gasteiger partial charge in [0.05, 0.1) is 11.7 Å². The van der Waals surface area contributed by atoms with Crippen molar-refractivity contribution in [3.05, 3.63) is 65.0 Å². The minimum absolute atomic E-state index is 0.0849. The second-order valence-corrected chi connectivity index (χ2v) is 4.66. The Morgan fingerprint density at radius 2 is 1.90 bits per heavy atom. The van der Waals surface area contributed by atoms with Crippen molar-refractivity contribution in [2.45, 2.75) is 19.6 Å². The Kier molecular flexibility index (Phi) is 4.55. The number of aromatic carboxylic acids is 1. The van der Waals surface area contributed by atoms with Gasteiger partial charge >= 0.3 is 5.97 Å². The van der Waals surface area contributed by atoms with E-state index in [1.807, 2.05) is 0 Å². The molecular formula is C16H15FO4. The first-order chi connectivity index (χ1) is 9.97. The predicted molar refractivity (Wildman–Crippen MR) is 74.8 cm³/mol. The van der Waals surface area contributed by atoms with Gasteiger partial charge in [-0.3, -0.25) is 0 Å². The van der Waals surface area contributed by atoms with Crippen LogP contribution < -0.4 is 4.74 Å². The van der Waals surface area contributed by atoms with Gasteiger partial charge in [0.1, 0.15) is 6.61 Å². The molecule has 0 saturated heterocycles. The molecule has 0 heterocycles. The van der Waals surface area contributed by atoms with E-state index in [4.69, 9.17) is 9.84 Å². The molecule has 0 amide bonds. The fourth-order valence-electron chi connectivity index (χ4n) is 1.80. The molecule has 0 aliphatic rings. The van der Waals surface area contributed by atoms with Crippen LogP contribution in [0.25, 0.3) is 0 Å². The summed E-state index contributed by atoms with van der Waals surface area (Å²) in [6.07, 6.45) is -0.739. The van der Waals surface area contributed by atoms with E-state index in [1.165, 1.54) is 24.3 Å². The number of ether oxygens (including phenoxy) is 1. The van der Waals surface area contributed by atoms with E-state index in [2.05, 4.69) is 0 Å². The zero-order valence-corrected chi connectivity index (χ0v) is 11.4. The lowest BCUT2D eigenvalue weighted by molar-refractivity contribution is 0.0697. The number of carboxylic acids is 1. The van der Waals surface area contributed by atoms with E-state index >= 15 is 0 Å². The van der Waals surface area contributed by atoms with Gasteiger partial charge in [0.2, 0.25) is 0 Å². The van der Waals surface area contributed by atoms with Gasteiger partial charge < -0.3 is 14.9 Å². The highest BCUT2D eigenvalue weighted by Crippen LogP contribution is 2.22. The van der Waals surface area contributed by atoms with Gasteiger partial charge in [0, 0.05) is 0 Å². The average Bonchev–Trinajstić information content (AvgIpc) is 2.46. The molecule has 2 N–H and O–H groups in total. The summed E-state index contributed by atoms with van der Waals surface area (Å²) < 4.78 is 19.1. The molecule has 0 bridgehead atoms. The van der Waals surface area contributed by atoms with Crippen LogP contribution in [0.4, 0.5) is 4.39 Å². The summed E-state index contributed by atoms with van der Waals surface area (Å²) >= 11 is 0. The van der Waals surface area contributed by atoms with Crippen molar-refractivity contribution in [1.82, 2.24) is 0 Å². The van der Waals surface area contributed by atoms with Crippen molar-refractivity contribution < 1.29 is 24.1 Å². The molecule has 0 aliphatic carbocycles. The molecule has 0 unspecified atom stereocenters. The van der Waals surface area contributed by atoms with Gasteiger partial charge in [0.25, 0.3) is 0 Å². The molecule has 21 heavy (non-hydrogen) atoms. The highest BCUT2D eigenvalue weighted by atomic mass is 19.1. The molecule has 2 aromatic carbocycles. The summed E-state index contributed by atoms with van der Waals surface area (Å²) in [5.41, 5.74) is 1.40. The SMILES string of the molecule is C[C@@H](O)c1ccc(OCc2ccc(C(=O)O)cc2)c(F)c1. The summed E-state index contributed by atoms with van der Waals surface area (Å²) in [5.74, 6) is -1.46. The Balaban J connectivity index is 2.04. The summed E-state index contributed by atoms with van der Waals surface area (Å²) in [7, 11) is 0. The van der Waals surface area contributed by atoms with Crippen molar-refractivity contribution in [2.75, 3.05) is 0 Å². The zero-order chi connectivity index (χ0) is 15.4. The second kappa shape index (κ2) is 6.37. The molecular weight excluding hydrogens is 275 g/mol. The lowest BCUT2D eigenvalue weighted by Crippen LogP contribution is -2.01. The van der Waals surface area contributed by atoms with Crippen molar-refractivity contribution in [2.24, 2.45) is 0 Å². The van der Waals surface area contributed by atoms with Gasteiger partial charge in [-0.05, 0) is 42.3 Å². The predicted octanol–water partition coefficient (Wildman–Crippen LogP) is 3.16. The smallest absolute Gasteiger partial charge is 0.335 e. The number of carbonyl (C=O) groups is 1. The third-order valence-electron chi connectivity index (χ3n) is 3.03. The molecule has 2 rings (SSSR count). The van der Waals surface area contributed by atoms with E-state index in [9.17, 15) is 14.3 Å². The van der Waals surface area contributed by atoms with Crippen LogP contribution in [-0.4, -0.2) is 16.2 Å². The Morgan fingerprint density at radius 1 is 1.24 bits per heavy atom. The van der Waals surface area contributed by atoms with Crippen molar-refractivity contribution >= 4 is 5.97 Å². The van der Waals surface area contributed by atoms with Crippen LogP contribution in [0.3, 0.4) is 0 Å². The van der Waals surface area contributed by atoms with Crippen LogP contribution in [0.2, 0.25) is 0 Å². The molecule has 0 aliphatic heterocycles. The van der Waals surface area contributed by atoms with Gasteiger partial charge in [-0.25, -0.2) is 9.18 Å². The standard InChI is InChI=1S/C16H15FO4/c1-10(18)13-6-7-15(14(17)8-13)21-9-11-2-4-12(5-3-11)16(19)20/h2-8,10,18H,9H2,1H3,(H,19,20)/t10-/m1/s1. The molecule has 0 aromatic heterocycles. The average molecular weight is 290 g/mol. The third-order valence-corrected chi connectivity index (χ3v) is 3.03. The first kappa shape index (κ1) is 15.0. The fourth-order valence-corrected chi connectivity index (χ4v) is 1.80. The lowest BCUT2D eigenvalue weighted by atomic mass is 10.1. The number of hydrogen-bond donors (Lipinski definition) is 2. The Labute approximate surface area is 121 Å². The molecule has 4 nitrogen and oxygen atoms in total. The van der Waals surface area contributed by atoms with Crippen LogP contribution in [-0.2, 0) is 6.61 Å². The maximum Gasteiger partial charge on any atom is 0.335 e. The molecule has 0 spiro atoms. The molecule has 2 aromatic rings. The first-order valence-electron chi connectivity index (χ1n) is 6.40. The van der Waals surface area contributed by atoms with Crippen molar-refractivity contribution in [3.8, 4) is 5.75 Å². The van der Waals surface area contributed by atoms with Gasteiger partial charge in [-0.15, -0.1) is 0 Å². The first-order valence-corrected chi connectivity index (χ1v) is 6.40. The monoisotopic (exact) mass is 290 g/mol. The molecule has 5 heteroatoms. The van der Waals surface area contributed by atoms with E-state index in [-0.39, 0.29) is 17.9 Å². The lowest BCUT2D eigenvalue weighted by Gasteiger charge is -2.10. The van der Waals surface area contributed by atoms with Crippen LogP contribution in [0, 0.1) is 5.82 Å². The number of benzene rings is 2. The summed E-state index contributed by atoms with van der Waals surface area (Å²) in [5, 5.41) is 18.2. The minimum Gasteiger partial charge on any atom is -0.486 e. The van der Waals surface area contributed by atoms with E-state index in [0.29, 0.717) is 5.56 Å². The summed E-state index contributed by atoms with van der Waals surface area (Å²) in [4.78, 5) is 10.7. The number of aliphatic hydroxyl groups is 1. The van der Waals surface area contributed by atoms with Crippen LogP contribution in [0.15, 0.2) is 42.5 Å². The highest BCUT2D eigenvalue weighted by Gasteiger charge is 2.08. The topological polar surface area (TPSA) is 66.8 Å². The minimum atomic E-state index is -0.998. The molecule has 1 atom stereocenters. The van der Waals surface area contributed by atoms with Gasteiger partial charge in [0.15, 0.2) is 11.6 Å². The molecule has 0 saturated carbocycles. The largest absolute Gasteiger partial charge is 0.486 e. The molecule has 0 fully saturated rings. The van der Waals surface area contributed by atoms with Gasteiger partial charge in [-0.2, -0.15) is 0 Å². The second-order valence-electron chi connectivity index (χ2n) is 4.66. The number of hydrogen-bond acceptors (Lipinski definition) is 3. The van der Waals surface area contributed by atoms with E-state index in [0.717, 1.165) is 5.56 Å². The Bertz CT molecular complexity index is 635. The van der Waals surface area contributed by atoms with Crippen LogP contribution >= 0.6 is 0 Å². The molecule has 110 valence electrons. The van der Waals surface area contributed by atoms with Crippen molar-refractivity contribution in [3.63, 3.8) is 0 Å². The zero-order valence-electron chi connectivity index (χ0n) is 11.4. The normalized spacial score (nSPS) is 12.0. The highest BCUT2D eigenvalue weighted by molar-refractivity contribution is 5.87. The number of carboxylic acid groups (broad SMARTS) is 1. The number of rotatable bonds is 5.